The monoisotopic (exact) mass is 190 g/mol. The van der Waals surface area contributed by atoms with E-state index in [1.165, 1.54) is 24.8 Å². The van der Waals surface area contributed by atoms with Crippen LogP contribution in [0.25, 0.3) is 0 Å². The lowest BCUT2D eigenvalue weighted by atomic mass is 10.1. The molecule has 1 aromatic carbocycles. The molecule has 0 aromatic heterocycles. The minimum Gasteiger partial charge on any atom is -0.373 e. The molecule has 0 radical (unpaired) electrons. The van der Waals surface area contributed by atoms with E-state index in [2.05, 4.69) is 31.2 Å². The predicted octanol–water partition coefficient (Wildman–Crippen LogP) is 3.39. The Hall–Kier alpha value is -0.820. The van der Waals surface area contributed by atoms with Crippen LogP contribution in [0.15, 0.2) is 30.3 Å². The number of rotatable bonds is 3. The summed E-state index contributed by atoms with van der Waals surface area (Å²) in [6.07, 6.45) is 4.41. The summed E-state index contributed by atoms with van der Waals surface area (Å²) in [5.74, 6) is 0.749. The zero-order valence-electron chi connectivity index (χ0n) is 8.78. The smallest absolute Gasteiger partial charge is 0.0720 e. The van der Waals surface area contributed by atoms with Gasteiger partial charge in [0, 0.05) is 0 Å². The van der Waals surface area contributed by atoms with Gasteiger partial charge in [-0.3, -0.25) is 0 Å². The van der Waals surface area contributed by atoms with E-state index < -0.39 is 0 Å². The fraction of sp³-hybridized carbons (Fsp3) is 0.538. The van der Waals surface area contributed by atoms with E-state index in [-0.39, 0.29) is 0 Å². The maximum atomic E-state index is 5.90. The highest BCUT2D eigenvalue weighted by atomic mass is 16.5. The topological polar surface area (TPSA) is 9.23 Å². The van der Waals surface area contributed by atoms with E-state index in [1.54, 1.807) is 0 Å². The van der Waals surface area contributed by atoms with E-state index in [1.807, 2.05) is 6.07 Å². The lowest BCUT2D eigenvalue weighted by Crippen LogP contribution is -2.15. The van der Waals surface area contributed by atoms with Crippen molar-refractivity contribution in [2.24, 2.45) is 5.92 Å². The van der Waals surface area contributed by atoms with Gasteiger partial charge in [0.15, 0.2) is 0 Å². The minimum absolute atomic E-state index is 0.496. The van der Waals surface area contributed by atoms with Crippen molar-refractivity contribution < 1.29 is 4.74 Å². The van der Waals surface area contributed by atoms with E-state index in [0.717, 1.165) is 12.5 Å². The van der Waals surface area contributed by atoms with Crippen molar-refractivity contribution in [3.63, 3.8) is 0 Å². The molecule has 1 heteroatoms. The predicted molar refractivity (Wildman–Crippen MR) is 58.0 cm³/mol. The van der Waals surface area contributed by atoms with Crippen LogP contribution in [0.5, 0.6) is 0 Å². The van der Waals surface area contributed by atoms with E-state index in [9.17, 15) is 0 Å². The fourth-order valence-corrected chi connectivity index (χ4v) is 2.14. The van der Waals surface area contributed by atoms with Crippen LogP contribution < -0.4 is 0 Å². The molecule has 1 aliphatic rings. The molecule has 0 amide bonds. The highest BCUT2D eigenvalue weighted by Crippen LogP contribution is 2.28. The first kappa shape index (κ1) is 9.72. The first-order valence-electron chi connectivity index (χ1n) is 5.52. The maximum Gasteiger partial charge on any atom is 0.0720 e. The van der Waals surface area contributed by atoms with Crippen LogP contribution in [-0.4, -0.2) is 6.10 Å². The molecule has 2 rings (SSSR count). The van der Waals surface area contributed by atoms with Gasteiger partial charge in [0.2, 0.25) is 0 Å². The van der Waals surface area contributed by atoms with Crippen LogP contribution in [0.2, 0.25) is 0 Å². The second-order valence-corrected chi connectivity index (χ2v) is 4.24. The van der Waals surface area contributed by atoms with Crippen LogP contribution >= 0.6 is 0 Å². The van der Waals surface area contributed by atoms with Crippen molar-refractivity contribution in [1.29, 1.82) is 0 Å². The highest BCUT2D eigenvalue weighted by molar-refractivity contribution is 5.13. The van der Waals surface area contributed by atoms with Crippen LogP contribution in [0, 0.1) is 5.92 Å². The molecule has 1 saturated carbocycles. The molecule has 1 nitrogen and oxygen atoms in total. The maximum absolute atomic E-state index is 5.90. The second-order valence-electron chi connectivity index (χ2n) is 4.24. The number of benzene rings is 1. The number of hydrogen-bond acceptors (Lipinski definition) is 1. The molecule has 0 spiro atoms. The van der Waals surface area contributed by atoms with E-state index >= 15 is 0 Å². The molecule has 1 aliphatic carbocycles. The quantitative estimate of drug-likeness (QED) is 0.710. The van der Waals surface area contributed by atoms with Gasteiger partial charge in [-0.2, -0.15) is 0 Å². The summed E-state index contributed by atoms with van der Waals surface area (Å²) in [5.41, 5.74) is 1.28. The molecule has 0 bridgehead atoms. The van der Waals surface area contributed by atoms with Crippen LogP contribution in [0.4, 0.5) is 0 Å². The third-order valence-electron chi connectivity index (χ3n) is 3.09. The molecular formula is C13H18O. The highest BCUT2D eigenvalue weighted by Gasteiger charge is 2.23. The van der Waals surface area contributed by atoms with Crippen molar-refractivity contribution >= 4 is 0 Å². The van der Waals surface area contributed by atoms with Gasteiger partial charge in [0.1, 0.15) is 0 Å². The Kier molecular flexibility index (Phi) is 3.20. The normalized spacial score (nSPS) is 26.6. The Bertz CT molecular complexity index is 268. The lowest BCUT2D eigenvalue weighted by Gasteiger charge is -2.16. The Morgan fingerprint density at radius 3 is 2.64 bits per heavy atom. The molecule has 1 fully saturated rings. The van der Waals surface area contributed by atoms with Crippen LogP contribution in [-0.2, 0) is 11.3 Å². The zero-order valence-corrected chi connectivity index (χ0v) is 8.78. The summed E-state index contributed by atoms with van der Waals surface area (Å²) >= 11 is 0. The second kappa shape index (κ2) is 4.61. The van der Waals surface area contributed by atoms with Gasteiger partial charge in [0.05, 0.1) is 12.7 Å². The molecule has 76 valence electrons. The van der Waals surface area contributed by atoms with Crippen molar-refractivity contribution in [3.8, 4) is 0 Å². The molecule has 1 aromatic rings. The summed E-state index contributed by atoms with van der Waals surface area (Å²) in [5, 5.41) is 0. The minimum atomic E-state index is 0.496. The first-order chi connectivity index (χ1) is 6.86. The van der Waals surface area contributed by atoms with Gasteiger partial charge in [-0.15, -0.1) is 0 Å². The average molecular weight is 190 g/mol. The summed E-state index contributed by atoms with van der Waals surface area (Å²) in [6.45, 7) is 3.07. The molecule has 2 atom stereocenters. The van der Waals surface area contributed by atoms with Gasteiger partial charge in [-0.25, -0.2) is 0 Å². The van der Waals surface area contributed by atoms with Crippen molar-refractivity contribution in [3.05, 3.63) is 35.9 Å². The van der Waals surface area contributed by atoms with Gasteiger partial charge in [-0.1, -0.05) is 43.7 Å². The molecule has 0 saturated heterocycles. The third kappa shape index (κ3) is 2.36. The molecule has 1 unspecified atom stereocenters. The molecule has 0 heterocycles. The zero-order chi connectivity index (χ0) is 9.80. The summed E-state index contributed by atoms with van der Waals surface area (Å²) in [7, 11) is 0. The summed E-state index contributed by atoms with van der Waals surface area (Å²) in [6, 6.07) is 10.4. The fourth-order valence-electron chi connectivity index (χ4n) is 2.14. The average Bonchev–Trinajstić information content (AvgIpc) is 2.63. The lowest BCUT2D eigenvalue weighted by molar-refractivity contribution is 0.0207. The van der Waals surface area contributed by atoms with E-state index in [4.69, 9.17) is 4.74 Å². The van der Waals surface area contributed by atoms with Gasteiger partial charge in [-0.05, 0) is 24.3 Å². The molecule has 14 heavy (non-hydrogen) atoms. The van der Waals surface area contributed by atoms with Gasteiger partial charge < -0.3 is 4.74 Å². The van der Waals surface area contributed by atoms with Crippen LogP contribution in [0.1, 0.15) is 31.7 Å². The molecule has 0 N–H and O–H groups in total. The molecular weight excluding hydrogens is 172 g/mol. The summed E-state index contributed by atoms with van der Waals surface area (Å²) in [4.78, 5) is 0. The number of hydrogen-bond donors (Lipinski definition) is 0. The Morgan fingerprint density at radius 2 is 2.00 bits per heavy atom. The third-order valence-corrected chi connectivity index (χ3v) is 3.09. The Labute approximate surface area is 86.1 Å². The number of ether oxygens (including phenoxy) is 1. The SMILES string of the molecule is C[C@H]1CCCC1OCc1ccccc1. The van der Waals surface area contributed by atoms with Crippen molar-refractivity contribution in [2.45, 2.75) is 38.9 Å². The van der Waals surface area contributed by atoms with E-state index in [0.29, 0.717) is 6.10 Å². The Morgan fingerprint density at radius 1 is 1.21 bits per heavy atom. The van der Waals surface area contributed by atoms with Gasteiger partial charge in [0.25, 0.3) is 0 Å². The van der Waals surface area contributed by atoms with Crippen molar-refractivity contribution in [2.75, 3.05) is 0 Å². The van der Waals surface area contributed by atoms with Crippen molar-refractivity contribution in [1.82, 2.24) is 0 Å². The standard InChI is InChI=1S/C13H18O/c1-11-6-5-9-13(11)14-10-12-7-3-2-4-8-12/h2-4,7-8,11,13H,5-6,9-10H2,1H3/t11-,13?/m0/s1. The largest absolute Gasteiger partial charge is 0.373 e. The van der Waals surface area contributed by atoms with Crippen LogP contribution in [0.3, 0.4) is 0 Å². The first-order valence-corrected chi connectivity index (χ1v) is 5.52. The van der Waals surface area contributed by atoms with Gasteiger partial charge >= 0.3 is 0 Å². The Balaban J connectivity index is 1.82. The summed E-state index contributed by atoms with van der Waals surface area (Å²) < 4.78 is 5.90. The molecule has 0 aliphatic heterocycles.